The Morgan fingerprint density at radius 1 is 1.71 bits per heavy atom. The molecule has 1 aliphatic rings. The molecule has 1 amide bonds. The number of carbonyl (C=O) groups excluding carboxylic acids is 1. The van der Waals surface area contributed by atoms with Crippen LogP contribution >= 0.6 is 0 Å². The molecule has 1 atom stereocenters. The summed E-state index contributed by atoms with van der Waals surface area (Å²) in [5.41, 5.74) is 0.343. The number of nitrogens with one attached hydrogen (secondary N) is 2. The predicted octanol–water partition coefficient (Wildman–Crippen LogP) is 0.156. The Morgan fingerprint density at radius 3 is 3.29 bits per heavy atom. The third kappa shape index (κ3) is 2.11. The molecular formula is C9H13N3O2. The molecule has 0 radical (unpaired) electrons. The molecule has 2 rings (SSSR count). The van der Waals surface area contributed by atoms with Gasteiger partial charge in [-0.25, -0.2) is 4.98 Å². The van der Waals surface area contributed by atoms with Gasteiger partial charge in [-0.15, -0.1) is 0 Å². The topological polar surface area (TPSA) is 67.2 Å². The molecule has 2 heterocycles. The summed E-state index contributed by atoms with van der Waals surface area (Å²) in [6, 6.07) is 0.216. The molecule has 5 heteroatoms. The van der Waals surface area contributed by atoms with E-state index in [0.717, 1.165) is 25.9 Å². The van der Waals surface area contributed by atoms with Gasteiger partial charge in [-0.3, -0.25) is 4.79 Å². The van der Waals surface area contributed by atoms with Gasteiger partial charge < -0.3 is 15.1 Å². The third-order valence-electron chi connectivity index (χ3n) is 2.30. The molecule has 0 spiro atoms. The number of oxazole rings is 1. The number of hydrogen-bond acceptors (Lipinski definition) is 4. The van der Waals surface area contributed by atoms with Crippen molar-refractivity contribution in [1.29, 1.82) is 0 Å². The monoisotopic (exact) mass is 195 g/mol. The normalized spacial score (nSPS) is 21.9. The van der Waals surface area contributed by atoms with Crippen LogP contribution in [0.1, 0.15) is 23.3 Å². The summed E-state index contributed by atoms with van der Waals surface area (Å²) in [6.07, 6.45) is 4.74. The lowest BCUT2D eigenvalue weighted by molar-refractivity contribution is 0.0925. The third-order valence-corrected chi connectivity index (χ3v) is 2.30. The van der Waals surface area contributed by atoms with Crippen molar-refractivity contribution < 1.29 is 9.21 Å². The molecule has 0 unspecified atom stereocenters. The molecule has 0 saturated carbocycles. The van der Waals surface area contributed by atoms with Crippen molar-refractivity contribution in [1.82, 2.24) is 15.6 Å². The second kappa shape index (κ2) is 4.23. The SMILES string of the molecule is O=C(N[C@@H]1CCCNC1)c1cocn1. The van der Waals surface area contributed by atoms with Crippen LogP contribution in [0.25, 0.3) is 0 Å². The van der Waals surface area contributed by atoms with Gasteiger partial charge >= 0.3 is 0 Å². The molecule has 14 heavy (non-hydrogen) atoms. The van der Waals surface area contributed by atoms with Crippen LogP contribution in [-0.4, -0.2) is 30.0 Å². The highest BCUT2D eigenvalue weighted by Crippen LogP contribution is 2.02. The Labute approximate surface area is 81.9 Å². The van der Waals surface area contributed by atoms with Crippen LogP contribution in [-0.2, 0) is 0 Å². The molecular weight excluding hydrogens is 182 g/mol. The first-order valence-electron chi connectivity index (χ1n) is 4.76. The van der Waals surface area contributed by atoms with Crippen LogP contribution in [0.3, 0.4) is 0 Å². The van der Waals surface area contributed by atoms with Crippen LogP contribution < -0.4 is 10.6 Å². The lowest BCUT2D eigenvalue weighted by atomic mass is 10.1. The predicted molar refractivity (Wildman–Crippen MR) is 49.9 cm³/mol. The van der Waals surface area contributed by atoms with Gasteiger partial charge in [0.05, 0.1) is 0 Å². The van der Waals surface area contributed by atoms with Gasteiger partial charge in [0.15, 0.2) is 12.1 Å². The van der Waals surface area contributed by atoms with E-state index in [4.69, 9.17) is 4.42 Å². The van der Waals surface area contributed by atoms with E-state index in [1.807, 2.05) is 0 Å². The molecule has 0 aromatic carbocycles. The van der Waals surface area contributed by atoms with Crippen LogP contribution in [0, 0.1) is 0 Å². The maximum Gasteiger partial charge on any atom is 0.273 e. The lowest BCUT2D eigenvalue weighted by Gasteiger charge is -2.23. The zero-order valence-corrected chi connectivity index (χ0v) is 7.82. The van der Waals surface area contributed by atoms with Gasteiger partial charge in [0.25, 0.3) is 5.91 Å². The molecule has 1 saturated heterocycles. The highest BCUT2D eigenvalue weighted by atomic mass is 16.3. The molecule has 2 N–H and O–H groups in total. The number of aromatic nitrogens is 1. The van der Waals surface area contributed by atoms with Crippen LogP contribution in [0.5, 0.6) is 0 Å². The van der Waals surface area contributed by atoms with Gasteiger partial charge in [0.2, 0.25) is 0 Å². The molecule has 1 fully saturated rings. The number of amides is 1. The van der Waals surface area contributed by atoms with E-state index in [9.17, 15) is 4.79 Å². The van der Waals surface area contributed by atoms with Crippen LogP contribution in [0.15, 0.2) is 17.1 Å². The zero-order valence-electron chi connectivity index (χ0n) is 7.82. The fraction of sp³-hybridized carbons (Fsp3) is 0.556. The number of piperidine rings is 1. The first-order chi connectivity index (χ1) is 6.86. The number of carbonyl (C=O) groups is 1. The van der Waals surface area contributed by atoms with E-state index < -0.39 is 0 Å². The van der Waals surface area contributed by atoms with Crippen LogP contribution in [0.4, 0.5) is 0 Å². The minimum Gasteiger partial charge on any atom is -0.451 e. The maximum absolute atomic E-state index is 11.5. The van der Waals surface area contributed by atoms with Gasteiger partial charge in [0.1, 0.15) is 6.26 Å². The van der Waals surface area contributed by atoms with Gasteiger partial charge in [0, 0.05) is 12.6 Å². The zero-order chi connectivity index (χ0) is 9.80. The highest BCUT2D eigenvalue weighted by Gasteiger charge is 2.17. The van der Waals surface area contributed by atoms with E-state index >= 15 is 0 Å². The van der Waals surface area contributed by atoms with Crippen molar-refractivity contribution >= 4 is 5.91 Å². The number of nitrogens with zero attached hydrogens (tertiary/aromatic N) is 1. The molecule has 1 aromatic rings. The summed E-state index contributed by atoms with van der Waals surface area (Å²) >= 11 is 0. The number of rotatable bonds is 2. The molecule has 1 aliphatic heterocycles. The van der Waals surface area contributed by atoms with Crippen molar-refractivity contribution in [2.75, 3.05) is 13.1 Å². The van der Waals surface area contributed by atoms with Gasteiger partial charge in [-0.05, 0) is 19.4 Å². The minimum absolute atomic E-state index is 0.160. The van der Waals surface area contributed by atoms with Crippen molar-refractivity contribution in [3.8, 4) is 0 Å². The fourth-order valence-corrected chi connectivity index (χ4v) is 1.56. The number of hydrogen-bond donors (Lipinski definition) is 2. The lowest BCUT2D eigenvalue weighted by Crippen LogP contribution is -2.45. The van der Waals surface area contributed by atoms with Crippen molar-refractivity contribution in [3.05, 3.63) is 18.4 Å². The van der Waals surface area contributed by atoms with E-state index in [0.29, 0.717) is 5.69 Å². The van der Waals surface area contributed by atoms with Crippen molar-refractivity contribution in [3.63, 3.8) is 0 Å². The largest absolute Gasteiger partial charge is 0.451 e. The maximum atomic E-state index is 11.5. The summed E-state index contributed by atoms with van der Waals surface area (Å²) in [7, 11) is 0. The van der Waals surface area contributed by atoms with E-state index in [-0.39, 0.29) is 11.9 Å². The Bertz CT molecular complexity index is 291. The summed E-state index contributed by atoms with van der Waals surface area (Å²) < 4.78 is 4.74. The second-order valence-electron chi connectivity index (χ2n) is 3.39. The Balaban J connectivity index is 1.87. The first kappa shape index (κ1) is 9.21. The van der Waals surface area contributed by atoms with Crippen LogP contribution in [0.2, 0.25) is 0 Å². The second-order valence-corrected chi connectivity index (χ2v) is 3.39. The smallest absolute Gasteiger partial charge is 0.273 e. The Hall–Kier alpha value is -1.36. The summed E-state index contributed by atoms with van der Waals surface area (Å²) in [5, 5.41) is 6.12. The van der Waals surface area contributed by atoms with Gasteiger partial charge in [-0.2, -0.15) is 0 Å². The standard InChI is InChI=1S/C9H13N3O2/c13-9(8-5-14-6-11-8)12-7-2-1-3-10-4-7/h5-7,10H,1-4H2,(H,12,13)/t7-/m1/s1. The average Bonchev–Trinajstić information content (AvgIpc) is 2.72. The average molecular weight is 195 g/mol. The van der Waals surface area contributed by atoms with E-state index in [1.165, 1.54) is 12.7 Å². The summed E-state index contributed by atoms with van der Waals surface area (Å²) in [4.78, 5) is 15.3. The minimum atomic E-state index is -0.160. The summed E-state index contributed by atoms with van der Waals surface area (Å²) in [5.74, 6) is -0.160. The quantitative estimate of drug-likeness (QED) is 0.705. The van der Waals surface area contributed by atoms with Gasteiger partial charge in [-0.1, -0.05) is 0 Å². The highest BCUT2D eigenvalue weighted by molar-refractivity contribution is 5.92. The molecule has 0 aliphatic carbocycles. The van der Waals surface area contributed by atoms with E-state index in [1.54, 1.807) is 0 Å². The van der Waals surface area contributed by atoms with Crippen molar-refractivity contribution in [2.24, 2.45) is 0 Å². The van der Waals surface area contributed by atoms with E-state index in [2.05, 4.69) is 15.6 Å². The first-order valence-corrected chi connectivity index (χ1v) is 4.76. The summed E-state index contributed by atoms with van der Waals surface area (Å²) in [6.45, 7) is 1.87. The van der Waals surface area contributed by atoms with Crippen molar-refractivity contribution in [2.45, 2.75) is 18.9 Å². The fourth-order valence-electron chi connectivity index (χ4n) is 1.56. The molecule has 0 bridgehead atoms. The molecule has 76 valence electrons. The Morgan fingerprint density at radius 2 is 2.64 bits per heavy atom. The molecule has 1 aromatic heterocycles. The molecule has 5 nitrogen and oxygen atoms in total. The Kier molecular flexibility index (Phi) is 2.78.